The summed E-state index contributed by atoms with van der Waals surface area (Å²) in [5.74, 6) is 4.94. The van der Waals surface area contributed by atoms with Crippen LogP contribution in [0.3, 0.4) is 0 Å². The van der Waals surface area contributed by atoms with E-state index in [-0.39, 0.29) is 4.90 Å². The maximum absolute atomic E-state index is 11.4. The molecule has 1 aromatic carbocycles. The summed E-state index contributed by atoms with van der Waals surface area (Å²) < 4.78 is 22.8. The van der Waals surface area contributed by atoms with Crippen molar-refractivity contribution in [1.29, 1.82) is 0 Å². The zero-order valence-electron chi connectivity index (χ0n) is 9.04. The van der Waals surface area contributed by atoms with Gasteiger partial charge in [-0.3, -0.25) is 5.84 Å². The summed E-state index contributed by atoms with van der Waals surface area (Å²) in [5.41, 5.74) is 1.72. The molecule has 2 aromatic rings. The number of sulfonamides is 1. The number of hydrogen-bond acceptors (Lipinski definition) is 5. The second kappa shape index (κ2) is 4.53. The minimum Gasteiger partial charge on any atom is -0.257 e. The lowest BCUT2D eigenvalue weighted by molar-refractivity contribution is 0.584. The van der Waals surface area contributed by atoms with Crippen LogP contribution in [0.25, 0.3) is 11.3 Å². The molecule has 0 radical (unpaired) electrons. The summed E-state index contributed by atoms with van der Waals surface area (Å²) in [7, 11) is -3.58. The van der Waals surface area contributed by atoms with Crippen molar-refractivity contribution < 1.29 is 8.42 Å². The molecule has 0 bridgehead atoms. The highest BCUT2D eigenvalue weighted by atomic mass is 32.2. The highest BCUT2D eigenvalue weighted by Gasteiger charge is 2.11. The first-order chi connectivity index (χ1) is 8.03. The molecule has 1 aromatic heterocycles. The summed E-state index contributed by atoms with van der Waals surface area (Å²) >= 11 is 1.55. The minimum absolute atomic E-state index is 0.135. The third kappa shape index (κ3) is 2.52. The van der Waals surface area contributed by atoms with Crippen LogP contribution in [0, 0.1) is 6.92 Å². The van der Waals surface area contributed by atoms with Crippen LogP contribution < -0.4 is 10.7 Å². The van der Waals surface area contributed by atoms with Gasteiger partial charge in [0.1, 0.15) is 0 Å². The van der Waals surface area contributed by atoms with Crippen LogP contribution in [-0.4, -0.2) is 13.4 Å². The number of hydrazine groups is 1. The van der Waals surface area contributed by atoms with Crippen molar-refractivity contribution in [1.82, 2.24) is 9.82 Å². The van der Waals surface area contributed by atoms with Gasteiger partial charge in [-0.15, -0.1) is 11.3 Å². The van der Waals surface area contributed by atoms with Crippen molar-refractivity contribution >= 4 is 21.4 Å². The van der Waals surface area contributed by atoms with Crippen LogP contribution >= 0.6 is 11.3 Å². The summed E-state index contributed by atoms with van der Waals surface area (Å²) in [5, 5.41) is 2.90. The van der Waals surface area contributed by atoms with Gasteiger partial charge in [-0.25, -0.2) is 13.4 Å². The normalized spacial score (nSPS) is 11.6. The number of thiazole rings is 1. The highest BCUT2D eigenvalue weighted by Crippen LogP contribution is 2.22. The van der Waals surface area contributed by atoms with Gasteiger partial charge in [-0.05, 0) is 19.1 Å². The van der Waals surface area contributed by atoms with Crippen LogP contribution in [-0.2, 0) is 10.0 Å². The van der Waals surface area contributed by atoms with Crippen LogP contribution in [0.5, 0.6) is 0 Å². The first-order valence-corrected chi connectivity index (χ1v) is 7.14. The van der Waals surface area contributed by atoms with Gasteiger partial charge in [0.2, 0.25) is 0 Å². The van der Waals surface area contributed by atoms with Gasteiger partial charge in [0.15, 0.2) is 0 Å². The molecule has 0 aliphatic carbocycles. The van der Waals surface area contributed by atoms with Gasteiger partial charge in [-0.1, -0.05) is 12.1 Å². The Labute approximate surface area is 103 Å². The molecular weight excluding hydrogens is 258 g/mol. The molecule has 0 aliphatic heterocycles. The zero-order valence-corrected chi connectivity index (χ0v) is 10.7. The van der Waals surface area contributed by atoms with Crippen LogP contribution in [0.4, 0.5) is 0 Å². The predicted molar refractivity (Wildman–Crippen MR) is 66.8 cm³/mol. The predicted octanol–water partition coefficient (Wildman–Crippen LogP) is 1.27. The van der Waals surface area contributed by atoms with E-state index in [2.05, 4.69) is 4.98 Å². The van der Waals surface area contributed by atoms with E-state index in [0.717, 1.165) is 16.3 Å². The molecule has 0 unspecified atom stereocenters. The van der Waals surface area contributed by atoms with E-state index in [1.165, 1.54) is 12.1 Å². The van der Waals surface area contributed by atoms with Crippen molar-refractivity contribution in [2.75, 3.05) is 0 Å². The van der Waals surface area contributed by atoms with Crippen LogP contribution in [0.1, 0.15) is 5.01 Å². The first kappa shape index (κ1) is 12.2. The lowest BCUT2D eigenvalue weighted by Gasteiger charge is -2.02. The number of benzene rings is 1. The third-order valence-electron chi connectivity index (χ3n) is 2.23. The molecule has 0 aliphatic rings. The largest absolute Gasteiger partial charge is 0.257 e. The lowest BCUT2D eigenvalue weighted by Crippen LogP contribution is -2.30. The Morgan fingerprint density at radius 2 is 1.94 bits per heavy atom. The SMILES string of the molecule is Cc1nc(-c2ccc(S(=O)(=O)NN)cc2)cs1. The molecular formula is C10H11N3O2S2. The highest BCUT2D eigenvalue weighted by molar-refractivity contribution is 7.89. The van der Waals surface area contributed by atoms with E-state index in [0.29, 0.717) is 0 Å². The average molecular weight is 269 g/mol. The molecule has 0 amide bonds. The van der Waals surface area contributed by atoms with E-state index in [4.69, 9.17) is 5.84 Å². The lowest BCUT2D eigenvalue weighted by atomic mass is 10.2. The first-order valence-electron chi connectivity index (χ1n) is 4.78. The van der Waals surface area contributed by atoms with Crippen molar-refractivity contribution in [3.63, 3.8) is 0 Å². The standard InChI is InChI=1S/C10H11N3O2S2/c1-7-12-10(6-16-7)8-2-4-9(5-3-8)17(14,15)13-11/h2-6,13H,11H2,1H3. The van der Waals surface area contributed by atoms with E-state index in [1.807, 2.05) is 12.3 Å². The average Bonchev–Trinajstić information content (AvgIpc) is 2.76. The smallest absolute Gasteiger partial charge is 0.253 e. The minimum atomic E-state index is -3.58. The molecule has 7 heteroatoms. The van der Waals surface area contributed by atoms with Crippen molar-refractivity contribution in [3.8, 4) is 11.3 Å². The number of hydrogen-bond donors (Lipinski definition) is 2. The van der Waals surface area contributed by atoms with Gasteiger partial charge in [-0.2, -0.15) is 4.83 Å². The summed E-state index contributed by atoms with van der Waals surface area (Å²) in [6.45, 7) is 1.92. The van der Waals surface area contributed by atoms with E-state index in [1.54, 1.807) is 28.3 Å². The van der Waals surface area contributed by atoms with Crippen molar-refractivity contribution in [3.05, 3.63) is 34.7 Å². The molecule has 0 fully saturated rings. The van der Waals surface area contributed by atoms with E-state index >= 15 is 0 Å². The molecule has 0 saturated heterocycles. The molecule has 0 saturated carbocycles. The monoisotopic (exact) mass is 269 g/mol. The molecule has 5 nitrogen and oxygen atoms in total. The van der Waals surface area contributed by atoms with Crippen LogP contribution in [0.2, 0.25) is 0 Å². The van der Waals surface area contributed by atoms with Crippen molar-refractivity contribution in [2.24, 2.45) is 5.84 Å². The number of nitrogens with zero attached hydrogens (tertiary/aromatic N) is 1. The molecule has 17 heavy (non-hydrogen) atoms. The van der Waals surface area contributed by atoms with E-state index in [9.17, 15) is 8.42 Å². The Bertz CT molecular complexity index is 617. The summed E-state index contributed by atoms with van der Waals surface area (Å²) in [4.78, 5) is 6.24. The second-order valence-electron chi connectivity index (χ2n) is 3.40. The van der Waals surface area contributed by atoms with Gasteiger partial charge < -0.3 is 0 Å². The number of aryl methyl sites for hydroxylation is 1. The maximum Gasteiger partial charge on any atom is 0.253 e. The number of rotatable bonds is 3. The van der Waals surface area contributed by atoms with Crippen LogP contribution in [0.15, 0.2) is 34.5 Å². The number of aromatic nitrogens is 1. The quantitative estimate of drug-likeness (QED) is 0.649. The zero-order chi connectivity index (χ0) is 12.5. The van der Waals surface area contributed by atoms with Gasteiger partial charge >= 0.3 is 0 Å². The maximum atomic E-state index is 11.4. The Balaban J connectivity index is 2.37. The summed E-state index contributed by atoms with van der Waals surface area (Å²) in [6, 6.07) is 6.41. The number of nitrogens with one attached hydrogen (secondary N) is 1. The fourth-order valence-corrected chi connectivity index (χ4v) is 2.62. The third-order valence-corrected chi connectivity index (χ3v) is 4.21. The Kier molecular flexibility index (Phi) is 3.25. The van der Waals surface area contributed by atoms with Gasteiger partial charge in [0.25, 0.3) is 10.0 Å². The second-order valence-corrected chi connectivity index (χ2v) is 6.17. The Hall–Kier alpha value is -1.28. The topological polar surface area (TPSA) is 85.1 Å². The molecule has 90 valence electrons. The van der Waals surface area contributed by atoms with Crippen molar-refractivity contribution in [2.45, 2.75) is 11.8 Å². The Morgan fingerprint density at radius 1 is 1.29 bits per heavy atom. The van der Waals surface area contributed by atoms with Gasteiger partial charge in [0, 0.05) is 10.9 Å². The number of nitrogens with two attached hydrogens (primary N) is 1. The fraction of sp³-hybridized carbons (Fsp3) is 0.100. The molecule has 0 spiro atoms. The molecule has 2 rings (SSSR count). The molecule has 1 heterocycles. The Morgan fingerprint density at radius 3 is 2.41 bits per heavy atom. The van der Waals surface area contributed by atoms with Gasteiger partial charge in [0.05, 0.1) is 15.6 Å². The molecule has 0 atom stereocenters. The summed E-state index contributed by atoms with van der Waals surface area (Å²) in [6.07, 6.45) is 0. The fourth-order valence-electron chi connectivity index (χ4n) is 1.37. The van der Waals surface area contributed by atoms with E-state index < -0.39 is 10.0 Å². The molecule has 3 N–H and O–H groups in total.